The largest absolute Gasteiger partial charge is 0.465 e. The first-order valence-electron chi connectivity index (χ1n) is 7.91. The number of esters is 1. The van der Waals surface area contributed by atoms with E-state index in [4.69, 9.17) is 4.74 Å². The van der Waals surface area contributed by atoms with Gasteiger partial charge in [0.2, 0.25) is 0 Å². The van der Waals surface area contributed by atoms with Gasteiger partial charge in [0.15, 0.2) is 0 Å². The van der Waals surface area contributed by atoms with Gasteiger partial charge < -0.3 is 15.0 Å². The Morgan fingerprint density at radius 3 is 2.90 bits per heavy atom. The summed E-state index contributed by atoms with van der Waals surface area (Å²) in [5.41, 5.74) is -0.567. The van der Waals surface area contributed by atoms with Crippen molar-refractivity contribution in [3.05, 3.63) is 0 Å². The molecule has 2 heterocycles. The molecule has 2 rings (SSSR count). The van der Waals surface area contributed by atoms with Gasteiger partial charge >= 0.3 is 5.97 Å². The third-order valence-electron chi connectivity index (χ3n) is 4.88. The molecule has 1 N–H and O–H groups in total. The molecule has 0 spiro atoms. The van der Waals surface area contributed by atoms with Gasteiger partial charge in [0.05, 0.1) is 6.61 Å². The van der Waals surface area contributed by atoms with Gasteiger partial charge in [-0.1, -0.05) is 0 Å². The van der Waals surface area contributed by atoms with E-state index in [1.54, 1.807) is 0 Å². The van der Waals surface area contributed by atoms with Gasteiger partial charge in [-0.2, -0.15) is 0 Å². The Morgan fingerprint density at radius 2 is 2.20 bits per heavy atom. The molecule has 2 fully saturated rings. The molecule has 0 amide bonds. The van der Waals surface area contributed by atoms with Gasteiger partial charge in [0.1, 0.15) is 5.54 Å². The van der Waals surface area contributed by atoms with Gasteiger partial charge in [-0.25, -0.2) is 0 Å². The van der Waals surface area contributed by atoms with Gasteiger partial charge in [0.25, 0.3) is 0 Å². The van der Waals surface area contributed by atoms with E-state index in [2.05, 4.69) is 15.1 Å². The number of hydrogen-bond donors (Lipinski definition) is 1. The SMILES string of the molecule is CCOC(=O)C(C)(CCN1CCN2CCCC2C1)NC. The van der Waals surface area contributed by atoms with Gasteiger partial charge in [-0.05, 0) is 46.7 Å². The highest BCUT2D eigenvalue weighted by molar-refractivity contribution is 5.80. The van der Waals surface area contributed by atoms with Crippen molar-refractivity contribution in [1.29, 1.82) is 0 Å². The zero-order valence-electron chi connectivity index (χ0n) is 13.2. The summed E-state index contributed by atoms with van der Waals surface area (Å²) in [7, 11) is 1.84. The van der Waals surface area contributed by atoms with Crippen LogP contribution in [0.1, 0.15) is 33.1 Å². The molecule has 5 nitrogen and oxygen atoms in total. The molecular formula is C15H29N3O2. The monoisotopic (exact) mass is 283 g/mol. The third kappa shape index (κ3) is 3.51. The highest BCUT2D eigenvalue weighted by atomic mass is 16.5. The fraction of sp³-hybridized carbons (Fsp3) is 0.933. The molecule has 0 saturated carbocycles. The first-order chi connectivity index (χ1) is 9.59. The summed E-state index contributed by atoms with van der Waals surface area (Å²) in [4.78, 5) is 17.2. The Kier molecular flexibility index (Phi) is 5.41. The molecule has 2 saturated heterocycles. The van der Waals surface area contributed by atoms with Crippen molar-refractivity contribution in [2.45, 2.75) is 44.7 Å². The molecule has 116 valence electrons. The highest BCUT2D eigenvalue weighted by Crippen LogP contribution is 2.22. The van der Waals surface area contributed by atoms with Crippen LogP contribution in [0.3, 0.4) is 0 Å². The smallest absolute Gasteiger partial charge is 0.326 e. The lowest BCUT2D eigenvalue weighted by Crippen LogP contribution is -2.54. The lowest BCUT2D eigenvalue weighted by molar-refractivity contribution is -0.150. The van der Waals surface area contributed by atoms with Gasteiger partial charge in [-0.3, -0.25) is 9.69 Å². The number of nitrogens with zero attached hydrogens (tertiary/aromatic N) is 2. The zero-order valence-corrected chi connectivity index (χ0v) is 13.2. The number of carbonyl (C=O) groups is 1. The molecule has 2 aliphatic heterocycles. The van der Waals surface area contributed by atoms with Crippen LogP contribution in [0.15, 0.2) is 0 Å². The molecular weight excluding hydrogens is 254 g/mol. The summed E-state index contributed by atoms with van der Waals surface area (Å²) in [6, 6.07) is 0.743. The van der Waals surface area contributed by atoms with E-state index in [9.17, 15) is 4.79 Å². The maximum atomic E-state index is 12.0. The Bertz CT molecular complexity index is 337. The van der Waals surface area contributed by atoms with Crippen LogP contribution in [0.25, 0.3) is 0 Å². The van der Waals surface area contributed by atoms with Gasteiger partial charge in [0, 0.05) is 32.2 Å². The van der Waals surface area contributed by atoms with Gasteiger partial charge in [-0.15, -0.1) is 0 Å². The Morgan fingerprint density at radius 1 is 1.40 bits per heavy atom. The molecule has 0 aromatic heterocycles. The maximum Gasteiger partial charge on any atom is 0.326 e. The van der Waals surface area contributed by atoms with Crippen LogP contribution in [-0.2, 0) is 9.53 Å². The molecule has 0 bridgehead atoms. The van der Waals surface area contributed by atoms with E-state index in [1.807, 2.05) is 20.9 Å². The minimum absolute atomic E-state index is 0.137. The number of carbonyl (C=O) groups excluding carboxylic acids is 1. The number of hydrogen-bond acceptors (Lipinski definition) is 5. The van der Waals surface area contributed by atoms with E-state index in [1.165, 1.54) is 25.9 Å². The van der Waals surface area contributed by atoms with Crippen LogP contribution in [0.4, 0.5) is 0 Å². The van der Waals surface area contributed by atoms with Crippen molar-refractivity contribution in [2.75, 3.05) is 46.4 Å². The van der Waals surface area contributed by atoms with Crippen LogP contribution in [0.2, 0.25) is 0 Å². The normalized spacial score (nSPS) is 27.1. The quantitative estimate of drug-likeness (QED) is 0.727. The lowest BCUT2D eigenvalue weighted by Gasteiger charge is -2.39. The van der Waals surface area contributed by atoms with Crippen LogP contribution < -0.4 is 5.32 Å². The van der Waals surface area contributed by atoms with Crippen molar-refractivity contribution in [1.82, 2.24) is 15.1 Å². The summed E-state index contributed by atoms with van der Waals surface area (Å²) in [5, 5.41) is 3.14. The van der Waals surface area contributed by atoms with Crippen LogP contribution >= 0.6 is 0 Å². The minimum atomic E-state index is -0.567. The molecule has 5 heteroatoms. The lowest BCUT2D eigenvalue weighted by atomic mass is 9.97. The number of likely N-dealkylation sites (N-methyl/N-ethyl adjacent to an activating group) is 1. The predicted molar refractivity (Wildman–Crippen MR) is 79.7 cm³/mol. The van der Waals surface area contributed by atoms with E-state index in [0.717, 1.165) is 32.1 Å². The molecule has 2 aliphatic rings. The number of piperazine rings is 1. The van der Waals surface area contributed by atoms with E-state index in [0.29, 0.717) is 6.61 Å². The summed E-state index contributed by atoms with van der Waals surface area (Å²) in [5.74, 6) is -0.137. The van der Waals surface area contributed by atoms with E-state index in [-0.39, 0.29) is 5.97 Å². The zero-order chi connectivity index (χ0) is 14.6. The molecule has 2 atom stereocenters. The average molecular weight is 283 g/mol. The molecule has 0 aromatic carbocycles. The van der Waals surface area contributed by atoms with Crippen molar-refractivity contribution < 1.29 is 9.53 Å². The highest BCUT2D eigenvalue weighted by Gasteiger charge is 2.35. The van der Waals surface area contributed by atoms with E-state index >= 15 is 0 Å². The van der Waals surface area contributed by atoms with Crippen LogP contribution in [0.5, 0.6) is 0 Å². The molecule has 20 heavy (non-hydrogen) atoms. The number of nitrogens with one attached hydrogen (secondary N) is 1. The summed E-state index contributed by atoms with van der Waals surface area (Å²) in [6.45, 7) is 9.93. The van der Waals surface area contributed by atoms with Crippen molar-refractivity contribution in [3.63, 3.8) is 0 Å². The number of rotatable bonds is 6. The summed E-state index contributed by atoms with van der Waals surface area (Å²) >= 11 is 0. The second-order valence-corrected chi connectivity index (χ2v) is 6.19. The first-order valence-corrected chi connectivity index (χ1v) is 7.91. The Balaban J connectivity index is 1.82. The Labute approximate surface area is 122 Å². The van der Waals surface area contributed by atoms with Crippen molar-refractivity contribution >= 4 is 5.97 Å². The van der Waals surface area contributed by atoms with Crippen molar-refractivity contribution in [2.24, 2.45) is 0 Å². The summed E-state index contributed by atoms with van der Waals surface area (Å²) < 4.78 is 5.18. The topological polar surface area (TPSA) is 44.8 Å². The average Bonchev–Trinajstić information content (AvgIpc) is 2.92. The second-order valence-electron chi connectivity index (χ2n) is 6.19. The second kappa shape index (κ2) is 6.87. The number of fused-ring (bicyclic) bond motifs is 1. The molecule has 0 radical (unpaired) electrons. The maximum absolute atomic E-state index is 12.0. The standard InChI is InChI=1S/C15H29N3O2/c1-4-20-14(19)15(2,16-3)7-9-17-10-11-18-8-5-6-13(18)12-17/h13,16H,4-12H2,1-3H3. The first kappa shape index (κ1) is 15.7. The Hall–Kier alpha value is -0.650. The molecule has 0 aromatic rings. The fourth-order valence-electron chi connectivity index (χ4n) is 3.26. The fourth-order valence-corrected chi connectivity index (χ4v) is 3.26. The third-order valence-corrected chi connectivity index (χ3v) is 4.88. The van der Waals surface area contributed by atoms with Crippen LogP contribution in [-0.4, -0.2) is 73.7 Å². The number of ether oxygens (including phenoxy) is 1. The van der Waals surface area contributed by atoms with Crippen molar-refractivity contribution in [3.8, 4) is 0 Å². The molecule has 2 unspecified atom stereocenters. The van der Waals surface area contributed by atoms with Crippen LogP contribution in [0, 0.1) is 0 Å². The van der Waals surface area contributed by atoms with E-state index < -0.39 is 5.54 Å². The summed E-state index contributed by atoms with van der Waals surface area (Å²) in [6.07, 6.45) is 3.47. The molecule has 0 aliphatic carbocycles. The predicted octanol–water partition coefficient (Wildman–Crippen LogP) is 0.698. The minimum Gasteiger partial charge on any atom is -0.465 e.